The van der Waals surface area contributed by atoms with Crippen LogP contribution in [0.25, 0.3) is 32.1 Å². The van der Waals surface area contributed by atoms with E-state index in [-0.39, 0.29) is 39.7 Å². The van der Waals surface area contributed by atoms with Gasteiger partial charge in [0.25, 0.3) is 0 Å². The van der Waals surface area contributed by atoms with Crippen LogP contribution < -0.4 is 25.4 Å². The maximum Gasteiger partial charge on any atom is 0.319 e. The number of piperazine rings is 1. The van der Waals surface area contributed by atoms with Gasteiger partial charge in [-0.1, -0.05) is 23.2 Å². The van der Waals surface area contributed by atoms with Crippen LogP contribution in [0.15, 0.2) is 18.2 Å². The van der Waals surface area contributed by atoms with Crippen LogP contribution in [-0.2, 0) is 0 Å². The Hall–Kier alpha value is -2.63. The second-order valence-electron chi connectivity index (χ2n) is 12.7. The zero-order chi connectivity index (χ0) is 29.0. The predicted octanol–water partition coefficient (Wildman–Crippen LogP) is 6.25. The third kappa shape index (κ3) is 3.92. The molecule has 0 radical (unpaired) electrons. The van der Waals surface area contributed by atoms with Gasteiger partial charge in [-0.05, 0) is 69.8 Å². The number of anilines is 2. The predicted molar refractivity (Wildman–Crippen MR) is 170 cm³/mol. The lowest BCUT2D eigenvalue weighted by molar-refractivity contribution is 0.108. The number of ether oxygens (including phenoxy) is 2. The summed E-state index contributed by atoms with van der Waals surface area (Å²) in [6.45, 7) is 3.80. The zero-order valence-corrected chi connectivity index (χ0v) is 25.8. The molecule has 224 valence electrons. The smallest absolute Gasteiger partial charge is 0.319 e. The van der Waals surface area contributed by atoms with Gasteiger partial charge in [-0.25, -0.2) is 4.39 Å². The Morgan fingerprint density at radius 3 is 2.84 bits per heavy atom. The Balaban J connectivity index is 1.26. The molecule has 5 aliphatic rings. The molecule has 0 aliphatic carbocycles. The quantitative estimate of drug-likeness (QED) is 0.271. The maximum atomic E-state index is 17.1. The average molecular weight is 642 g/mol. The van der Waals surface area contributed by atoms with Crippen molar-refractivity contribution in [1.82, 2.24) is 20.2 Å². The highest BCUT2D eigenvalue weighted by atomic mass is 35.5. The molecular formula is C31H31Cl2FN6O2S. The Bertz CT molecular complexity index is 1810. The number of nitrogens with two attached hydrogens (primary N) is 1. The van der Waals surface area contributed by atoms with Crippen LogP contribution >= 0.6 is 34.5 Å². The van der Waals surface area contributed by atoms with E-state index in [1.54, 1.807) is 6.07 Å². The van der Waals surface area contributed by atoms with E-state index in [4.69, 9.17) is 48.4 Å². The summed E-state index contributed by atoms with van der Waals surface area (Å²) in [5.41, 5.74) is 6.94. The Kier molecular flexibility index (Phi) is 6.02. The summed E-state index contributed by atoms with van der Waals surface area (Å²) in [5, 5.41) is 6.10. The molecule has 3 atom stereocenters. The molecule has 4 saturated heterocycles. The minimum Gasteiger partial charge on any atom is -0.489 e. The van der Waals surface area contributed by atoms with Crippen molar-refractivity contribution in [2.45, 2.75) is 62.2 Å². The van der Waals surface area contributed by atoms with Crippen LogP contribution in [0.3, 0.4) is 0 Å². The fourth-order valence-corrected chi connectivity index (χ4v) is 9.81. The SMILES string of the molecule is Nc1cc2c(-c3c(Cl)c4c5c(nc(OCC67CCCN6CCC7)nc5c3F)N3C[C@H]5CC[C@H](N5)[C@H]3CO4)c(Cl)ccc2s1. The van der Waals surface area contributed by atoms with Crippen molar-refractivity contribution >= 4 is 66.3 Å². The van der Waals surface area contributed by atoms with Crippen molar-refractivity contribution in [2.75, 3.05) is 43.5 Å². The molecule has 3 N–H and O–H groups in total. The third-order valence-corrected chi connectivity index (χ3v) is 12.0. The van der Waals surface area contributed by atoms with Gasteiger partial charge in [-0.15, -0.1) is 11.3 Å². The first-order chi connectivity index (χ1) is 20.9. The molecule has 0 spiro atoms. The molecule has 12 heteroatoms. The molecule has 0 amide bonds. The zero-order valence-electron chi connectivity index (χ0n) is 23.5. The summed E-state index contributed by atoms with van der Waals surface area (Å²) in [7, 11) is 0. The maximum absolute atomic E-state index is 17.1. The molecule has 43 heavy (non-hydrogen) atoms. The van der Waals surface area contributed by atoms with E-state index < -0.39 is 5.82 Å². The van der Waals surface area contributed by atoms with Crippen molar-refractivity contribution in [3.05, 3.63) is 34.1 Å². The number of rotatable bonds is 4. The number of nitrogens with one attached hydrogen (secondary N) is 1. The van der Waals surface area contributed by atoms with Crippen molar-refractivity contribution in [3.63, 3.8) is 0 Å². The van der Waals surface area contributed by atoms with E-state index in [2.05, 4.69) is 15.1 Å². The number of nitrogens with zero attached hydrogens (tertiary/aromatic N) is 4. The van der Waals surface area contributed by atoms with Gasteiger partial charge in [0.2, 0.25) is 0 Å². The number of thiophene rings is 1. The minimum absolute atomic E-state index is 0.00312. The fourth-order valence-electron chi connectivity index (χ4n) is 8.39. The first-order valence-electron chi connectivity index (χ1n) is 15.1. The minimum atomic E-state index is -0.571. The summed E-state index contributed by atoms with van der Waals surface area (Å²) >= 11 is 15.3. The third-order valence-electron chi connectivity index (χ3n) is 10.4. The Labute approximate surface area is 262 Å². The van der Waals surface area contributed by atoms with Crippen LogP contribution in [0, 0.1) is 5.82 Å². The lowest BCUT2D eigenvalue weighted by Crippen LogP contribution is -2.60. The van der Waals surface area contributed by atoms with Gasteiger partial charge in [0.15, 0.2) is 11.6 Å². The van der Waals surface area contributed by atoms with Gasteiger partial charge in [-0.3, -0.25) is 4.90 Å². The first kappa shape index (κ1) is 26.7. The first-order valence-corrected chi connectivity index (χ1v) is 16.7. The summed E-state index contributed by atoms with van der Waals surface area (Å²) < 4.78 is 30.9. The molecule has 2 bridgehead atoms. The van der Waals surface area contributed by atoms with Crippen LogP contribution in [-0.4, -0.2) is 71.4 Å². The topological polar surface area (TPSA) is 88.8 Å². The number of hydrogen-bond acceptors (Lipinski definition) is 9. The van der Waals surface area contributed by atoms with Gasteiger partial charge < -0.3 is 25.4 Å². The summed E-state index contributed by atoms with van der Waals surface area (Å²) in [4.78, 5) is 14.6. The van der Waals surface area contributed by atoms with E-state index in [1.807, 2.05) is 12.1 Å². The number of aromatic nitrogens is 2. The molecule has 7 heterocycles. The molecular weight excluding hydrogens is 610 g/mol. The van der Waals surface area contributed by atoms with E-state index >= 15 is 4.39 Å². The Morgan fingerprint density at radius 2 is 2.00 bits per heavy atom. The van der Waals surface area contributed by atoms with Crippen molar-refractivity contribution < 1.29 is 13.9 Å². The molecule has 0 saturated carbocycles. The summed E-state index contributed by atoms with van der Waals surface area (Å²) in [6.07, 6.45) is 6.64. The second-order valence-corrected chi connectivity index (χ2v) is 14.6. The molecule has 4 fully saturated rings. The van der Waals surface area contributed by atoms with Gasteiger partial charge in [-0.2, -0.15) is 9.97 Å². The second kappa shape index (κ2) is 9.68. The van der Waals surface area contributed by atoms with Crippen molar-refractivity contribution in [2.24, 2.45) is 0 Å². The number of fused-ring (bicyclic) bond motifs is 7. The van der Waals surface area contributed by atoms with E-state index in [1.165, 1.54) is 11.3 Å². The number of benzene rings is 2. The fraction of sp³-hybridized carbons (Fsp3) is 0.484. The molecule has 8 nitrogen and oxygen atoms in total. The highest BCUT2D eigenvalue weighted by molar-refractivity contribution is 7.22. The Morgan fingerprint density at radius 1 is 1.16 bits per heavy atom. The van der Waals surface area contributed by atoms with Gasteiger partial charge in [0, 0.05) is 44.9 Å². The van der Waals surface area contributed by atoms with Crippen molar-refractivity contribution in [3.8, 4) is 22.9 Å². The lowest BCUT2D eigenvalue weighted by atomic mass is 9.95. The largest absolute Gasteiger partial charge is 0.489 e. The van der Waals surface area contributed by atoms with E-state index in [0.29, 0.717) is 51.8 Å². The molecule has 2 aromatic carbocycles. The molecule has 4 aromatic rings. The average Bonchev–Trinajstić information content (AvgIpc) is 3.74. The van der Waals surface area contributed by atoms with Crippen LogP contribution in [0.2, 0.25) is 10.0 Å². The van der Waals surface area contributed by atoms with Crippen LogP contribution in [0.4, 0.5) is 15.2 Å². The van der Waals surface area contributed by atoms with Crippen molar-refractivity contribution in [1.29, 1.82) is 0 Å². The van der Waals surface area contributed by atoms with E-state index in [9.17, 15) is 0 Å². The van der Waals surface area contributed by atoms with Gasteiger partial charge >= 0.3 is 6.01 Å². The highest BCUT2D eigenvalue weighted by Gasteiger charge is 2.46. The summed E-state index contributed by atoms with van der Waals surface area (Å²) in [5.74, 6) is 0.435. The molecule has 9 rings (SSSR count). The summed E-state index contributed by atoms with van der Waals surface area (Å²) in [6, 6.07) is 6.24. The highest BCUT2D eigenvalue weighted by Crippen LogP contribution is 2.52. The van der Waals surface area contributed by atoms with Gasteiger partial charge in [0.05, 0.1) is 27.0 Å². The molecule has 2 aromatic heterocycles. The molecule has 5 aliphatic heterocycles. The van der Waals surface area contributed by atoms with Crippen LogP contribution in [0.5, 0.6) is 11.8 Å². The monoisotopic (exact) mass is 640 g/mol. The standard InChI is InChI=1S/C31H31Cl2FN6O2S/c32-17-4-6-20-16(11-21(35)43-20)22(17)23-25(33)28-24-27(26(23)34)37-30(42-14-31-7-1-9-39(31)10-2-8-31)38-29(24)40-12-15-3-5-18(36-15)19(40)13-41-28/h4,6,11,15,18-19,36H,1-3,5,7-10,12-14,35H2/t15-,18+,19-/m1/s1. The van der Waals surface area contributed by atoms with Crippen LogP contribution in [0.1, 0.15) is 38.5 Å². The number of hydrogen-bond donors (Lipinski definition) is 2. The normalized spacial score (nSPS) is 25.7. The van der Waals surface area contributed by atoms with E-state index in [0.717, 1.165) is 68.2 Å². The number of nitrogen functional groups attached to an aromatic ring is 1. The van der Waals surface area contributed by atoms with Gasteiger partial charge in [0.1, 0.15) is 24.5 Å². The number of halogens is 3. The molecule has 0 unspecified atom stereocenters. The lowest BCUT2D eigenvalue weighted by Gasteiger charge is -2.40.